The van der Waals surface area contributed by atoms with E-state index in [4.69, 9.17) is 55.6 Å². The Morgan fingerprint density at radius 2 is 1.63 bits per heavy atom. The molecule has 0 aromatic heterocycles. The number of phenolic OH excluding ortho intramolecular Hbond substituents is 2. The monoisotopic (exact) mass is 1030 g/mol. The molecule has 3 fully saturated rings. The molecule has 3 saturated heterocycles. The minimum atomic E-state index is -1.76. The van der Waals surface area contributed by atoms with Gasteiger partial charge in [-0.25, -0.2) is 0 Å². The van der Waals surface area contributed by atoms with Crippen LogP contribution in [0.15, 0.2) is 29.4 Å². The molecule has 0 radical (unpaired) electrons. The van der Waals surface area contributed by atoms with Crippen LogP contribution in [0.5, 0.6) is 11.5 Å². The minimum Gasteiger partial charge on any atom is -1.00 e. The molecule has 15 atom stereocenters. The van der Waals surface area contributed by atoms with E-state index in [1.165, 1.54) is 31.4 Å². The van der Waals surface area contributed by atoms with Crippen LogP contribution in [-0.4, -0.2) is 165 Å². The number of nitrogens with zero attached hydrogens (tertiary/aromatic N) is 2. The predicted molar refractivity (Wildman–Crippen MR) is 241 cm³/mol. The summed E-state index contributed by atoms with van der Waals surface area (Å²) in [5, 5.41) is 57.9. The number of aliphatic hydroxyl groups excluding tert-OH is 1. The number of methoxy groups -OCH3 is 1. The fourth-order valence-corrected chi connectivity index (χ4v) is 10.2. The number of carbonyl (C=O) groups excluding carboxylic acids is 4. The number of aliphatic hydroxyl groups is 2. The molecule has 7 N–H and O–H groups in total. The summed E-state index contributed by atoms with van der Waals surface area (Å²) in [7, 11) is 4.91. The number of carboxylic acids is 1. The van der Waals surface area contributed by atoms with Gasteiger partial charge in [-0.15, -0.1) is 0 Å². The molecule has 2 aromatic rings. The standard InChI is InChI=1S/C42H53NO15.C5H7ClN2O3.ClH/c1-8-42(51)17-28(33-22(35(42)41(50)52-7)14-23-34(38(33)49)37(48)32-21(36(23)47)10-9-11-26(32)45)56-30-15-24(43(5)6)39(19(3)54-30)58-31-16-27(46)40(20(4)55-31)57-29-13-12-25(44)18(2)53-29;6-3-1-2(11-8-3)4(7)5(9)10;/h9-11,14,18-20,24,27-31,35,39-40,45-46,49,51H,8,12-13,15-17H2,1-7H3;2,4H,1,7H2,(H,9,10);1H/t;2-,4-;/m.0./s1. The van der Waals surface area contributed by atoms with E-state index >= 15 is 0 Å². The first-order valence-electron chi connectivity index (χ1n) is 22.9. The van der Waals surface area contributed by atoms with Gasteiger partial charge in [0.2, 0.25) is 5.78 Å². The summed E-state index contributed by atoms with van der Waals surface area (Å²) in [6.45, 7) is 6.95. The maximum atomic E-state index is 13.9. The third kappa shape index (κ3) is 10.9. The molecule has 70 heavy (non-hydrogen) atoms. The van der Waals surface area contributed by atoms with Crippen molar-refractivity contribution in [3.63, 3.8) is 0 Å². The number of aliphatic carboxylic acids is 1. The van der Waals surface area contributed by atoms with Crippen LogP contribution in [0, 0.1) is 0 Å². The van der Waals surface area contributed by atoms with Crippen molar-refractivity contribution >= 4 is 46.1 Å². The van der Waals surface area contributed by atoms with Crippen molar-refractivity contribution in [3.05, 3.63) is 57.6 Å². The van der Waals surface area contributed by atoms with Crippen molar-refractivity contribution in [3.8, 4) is 11.5 Å². The average Bonchev–Trinajstić information content (AvgIpc) is 3.73. The highest BCUT2D eigenvalue weighted by Gasteiger charge is 2.54. The number of carbonyl (C=O) groups is 5. The van der Waals surface area contributed by atoms with Crippen LogP contribution in [0.2, 0.25) is 0 Å². The van der Waals surface area contributed by atoms with Gasteiger partial charge in [0.05, 0.1) is 48.3 Å². The fourth-order valence-electron chi connectivity index (χ4n) is 9.99. The molecule has 2 aromatic carbocycles. The van der Waals surface area contributed by atoms with Gasteiger partial charge in [0.1, 0.15) is 46.9 Å². The van der Waals surface area contributed by atoms with Crippen molar-refractivity contribution in [1.82, 2.24) is 4.90 Å². The normalized spacial score (nSPS) is 34.1. The molecule has 23 heteroatoms. The zero-order chi connectivity index (χ0) is 50.4. The fraction of sp³-hybridized carbons (Fsp3) is 0.617. The van der Waals surface area contributed by atoms with E-state index in [2.05, 4.69) is 9.99 Å². The summed E-state index contributed by atoms with van der Waals surface area (Å²) in [6, 6.07) is 4.05. The Morgan fingerprint density at radius 1 is 0.971 bits per heavy atom. The van der Waals surface area contributed by atoms with E-state index in [0.717, 1.165) is 0 Å². The second-order valence-corrected chi connectivity index (χ2v) is 18.9. The Morgan fingerprint density at radius 3 is 2.21 bits per heavy atom. The van der Waals surface area contributed by atoms with Crippen LogP contribution in [0.25, 0.3) is 0 Å². The molecule has 0 spiro atoms. The van der Waals surface area contributed by atoms with Crippen LogP contribution in [0.3, 0.4) is 0 Å². The van der Waals surface area contributed by atoms with Crippen molar-refractivity contribution in [2.24, 2.45) is 10.9 Å². The molecule has 4 aliphatic heterocycles. The van der Waals surface area contributed by atoms with Crippen LogP contribution in [0.4, 0.5) is 0 Å². The van der Waals surface area contributed by atoms with Gasteiger partial charge in [0.25, 0.3) is 0 Å². The molecule has 386 valence electrons. The first-order chi connectivity index (χ1) is 32.6. The number of oxime groups is 1. The molecule has 2 aliphatic carbocycles. The van der Waals surface area contributed by atoms with Crippen molar-refractivity contribution in [2.45, 2.75) is 164 Å². The summed E-state index contributed by atoms with van der Waals surface area (Å²) in [6.07, 6.45) is -7.00. The lowest BCUT2D eigenvalue weighted by molar-refractivity contribution is -0.324. The number of aromatic hydroxyl groups is 2. The van der Waals surface area contributed by atoms with Gasteiger partial charge >= 0.3 is 13.4 Å². The van der Waals surface area contributed by atoms with Crippen molar-refractivity contribution in [1.29, 1.82) is 0 Å². The van der Waals surface area contributed by atoms with E-state index in [1.807, 2.05) is 19.0 Å². The molecule has 8 rings (SSSR count). The number of likely N-dealkylation sites (N-methyl/N-ethyl adjacent to an activating group) is 1. The number of benzene rings is 2. The summed E-state index contributed by atoms with van der Waals surface area (Å²) < 4.78 is 42.6. The highest BCUT2D eigenvalue weighted by atomic mass is 35.5. The molecule has 13 unspecified atom stereocenters. The molecular formula is C47H61Cl2N3O18. The Labute approximate surface area is 416 Å². The Bertz CT molecular complexity index is 2350. The number of ether oxygens (including phenoxy) is 7. The summed E-state index contributed by atoms with van der Waals surface area (Å²) in [5.74, 6) is -5.71. The molecule has 0 amide bonds. The quantitative estimate of drug-likeness (QED) is 0.138. The lowest BCUT2D eigenvalue weighted by Gasteiger charge is -2.48. The van der Waals surface area contributed by atoms with Gasteiger partial charge in [0, 0.05) is 61.3 Å². The summed E-state index contributed by atoms with van der Waals surface area (Å²) >= 11 is 5.43. The minimum absolute atomic E-state index is 0. The number of ketones is 3. The van der Waals surface area contributed by atoms with Crippen LogP contribution in [-0.2, 0) is 52.4 Å². The molecule has 21 nitrogen and oxygen atoms in total. The largest absolute Gasteiger partial charge is 1.00 e. The zero-order valence-corrected chi connectivity index (χ0v) is 41.1. The number of nitrogens with two attached hydrogens (primary N) is 1. The number of carboxylic acid groups (broad SMARTS) is 1. The molecule has 0 saturated carbocycles. The Balaban J connectivity index is 0.000000638. The highest BCUT2D eigenvalue weighted by Crippen LogP contribution is 2.54. The number of rotatable bonds is 11. The predicted octanol–water partition coefficient (Wildman–Crippen LogP) is 0.0137. The summed E-state index contributed by atoms with van der Waals surface area (Å²) in [4.78, 5) is 69.9. The summed E-state index contributed by atoms with van der Waals surface area (Å²) in [5.41, 5.74) is 2.73. The van der Waals surface area contributed by atoms with E-state index < -0.39 is 120 Å². The first kappa shape index (κ1) is 55.0. The van der Waals surface area contributed by atoms with E-state index in [1.54, 1.807) is 27.7 Å². The molecule has 4 heterocycles. The van der Waals surface area contributed by atoms with Crippen molar-refractivity contribution in [2.75, 3.05) is 21.2 Å². The number of phenols is 2. The zero-order valence-electron chi connectivity index (χ0n) is 40.6. The maximum absolute atomic E-state index is 13.9. The number of hydrogen-bond donors (Lipinski definition) is 6. The van der Waals surface area contributed by atoms with Crippen LogP contribution < -0.4 is 18.1 Å². The van der Waals surface area contributed by atoms with Crippen LogP contribution >= 0.6 is 11.6 Å². The highest BCUT2D eigenvalue weighted by molar-refractivity contribution is 6.65. The van der Waals surface area contributed by atoms with E-state index in [-0.39, 0.29) is 96.3 Å². The van der Waals surface area contributed by atoms with Crippen LogP contribution in [0.1, 0.15) is 129 Å². The van der Waals surface area contributed by atoms with Gasteiger partial charge in [-0.1, -0.05) is 35.8 Å². The number of halogens is 2. The third-order valence-electron chi connectivity index (χ3n) is 13.8. The lowest BCUT2D eigenvalue weighted by Crippen LogP contribution is -3.00. The number of Topliss-reactive ketones (excluding diaryl/α,β-unsaturated/α-hetero) is 1. The number of esters is 1. The average molecular weight is 1030 g/mol. The smallest absolute Gasteiger partial charge is 1.00 e. The molecule has 0 bridgehead atoms. The van der Waals surface area contributed by atoms with Gasteiger partial charge in [-0.3, -0.25) is 24.0 Å². The topological polar surface area (TPSA) is 302 Å². The third-order valence-corrected chi connectivity index (χ3v) is 14.0. The van der Waals surface area contributed by atoms with Gasteiger partial charge in [-0.2, -0.15) is 0 Å². The Hall–Kier alpha value is -4.36. The number of hydrogen-bond acceptors (Lipinski definition) is 20. The lowest BCUT2D eigenvalue weighted by atomic mass is 9.67. The van der Waals surface area contributed by atoms with Gasteiger partial charge in [0.15, 0.2) is 36.5 Å². The SMILES string of the molecule is CCC1(O)CC(OC2CC(N(C)C)C(OC3CC(O)C(OC4CCC(=O)C(C)O4)C(C)O3)C(C)O2)c2c(cc3c(c2O)C(=O)c2c(O)cccc2C3=O)C1C(=O)OC.N[C@H](C(=O)O)[C@@H]1CC(Cl)=NO1.[Cl-].[H+]. The first-order valence-corrected chi connectivity index (χ1v) is 23.2. The molecular weight excluding hydrogens is 965 g/mol. The second-order valence-electron chi connectivity index (χ2n) is 18.5. The molecule has 6 aliphatic rings. The van der Waals surface area contributed by atoms with Gasteiger partial charge in [-0.05, 0) is 59.0 Å². The number of fused-ring (bicyclic) bond motifs is 3. The Kier molecular flexibility index (Phi) is 17.4. The van der Waals surface area contributed by atoms with E-state index in [0.29, 0.717) is 12.8 Å². The second kappa shape index (κ2) is 22.2. The van der Waals surface area contributed by atoms with Crippen molar-refractivity contribution < 1.29 is 101 Å². The maximum Gasteiger partial charge on any atom is 1.00 e. The van der Waals surface area contributed by atoms with Gasteiger partial charge < -0.3 is 86.6 Å². The van der Waals surface area contributed by atoms with E-state index in [9.17, 15) is 44.4 Å².